The Kier molecular flexibility index (Phi) is 4.60. The second kappa shape index (κ2) is 6.81. The van der Waals surface area contributed by atoms with Crippen molar-refractivity contribution in [3.05, 3.63) is 42.5 Å². The summed E-state index contributed by atoms with van der Waals surface area (Å²) < 4.78 is 0. The fourth-order valence-corrected chi connectivity index (χ4v) is 3.32. The monoisotopic (exact) mass is 315 g/mol. The van der Waals surface area contributed by atoms with Crippen molar-refractivity contribution in [1.29, 1.82) is 0 Å². The Morgan fingerprint density at radius 1 is 1.18 bits per heavy atom. The Balaban J connectivity index is 1.60. The Labute approximate surface area is 132 Å². The lowest BCUT2D eigenvalue weighted by Crippen LogP contribution is -2.44. The van der Waals surface area contributed by atoms with E-state index >= 15 is 0 Å². The molecule has 22 heavy (non-hydrogen) atoms. The number of fused-ring (bicyclic) bond motifs is 1. The molecular formula is C16H17N3O2S. The molecule has 1 aliphatic heterocycles. The third-order valence-electron chi connectivity index (χ3n) is 3.52. The SMILES string of the molecule is O=C(CNC(=O)C1CSCN1)Nc1cccc2ccccc12. The lowest BCUT2D eigenvalue weighted by molar-refractivity contribution is -0.125. The molecule has 5 nitrogen and oxygen atoms in total. The van der Waals surface area contributed by atoms with Gasteiger partial charge in [-0.3, -0.25) is 14.9 Å². The second-order valence-corrected chi connectivity index (χ2v) is 6.09. The third kappa shape index (κ3) is 3.40. The molecule has 0 saturated carbocycles. The molecule has 6 heteroatoms. The number of nitrogens with one attached hydrogen (secondary N) is 3. The van der Waals surface area contributed by atoms with Crippen LogP contribution in [0.1, 0.15) is 0 Å². The van der Waals surface area contributed by atoms with Crippen molar-refractivity contribution in [3.63, 3.8) is 0 Å². The number of rotatable bonds is 4. The van der Waals surface area contributed by atoms with Crippen molar-refractivity contribution in [1.82, 2.24) is 10.6 Å². The summed E-state index contributed by atoms with van der Waals surface area (Å²) in [6.07, 6.45) is 0. The van der Waals surface area contributed by atoms with E-state index in [1.807, 2.05) is 42.5 Å². The van der Waals surface area contributed by atoms with Crippen LogP contribution < -0.4 is 16.0 Å². The van der Waals surface area contributed by atoms with Crippen molar-refractivity contribution >= 4 is 40.0 Å². The fourth-order valence-electron chi connectivity index (χ4n) is 2.38. The van der Waals surface area contributed by atoms with Crippen LogP contribution in [-0.2, 0) is 9.59 Å². The maximum absolute atomic E-state index is 12.0. The second-order valence-electron chi connectivity index (χ2n) is 5.06. The number of thioether (sulfide) groups is 1. The van der Waals surface area contributed by atoms with E-state index in [2.05, 4.69) is 16.0 Å². The van der Waals surface area contributed by atoms with E-state index in [9.17, 15) is 9.59 Å². The molecule has 1 fully saturated rings. The number of amides is 2. The fraction of sp³-hybridized carbons (Fsp3) is 0.250. The predicted octanol–water partition coefficient (Wildman–Crippen LogP) is 1.56. The highest BCUT2D eigenvalue weighted by molar-refractivity contribution is 7.99. The van der Waals surface area contributed by atoms with Gasteiger partial charge in [0.2, 0.25) is 11.8 Å². The predicted molar refractivity (Wildman–Crippen MR) is 89.8 cm³/mol. The Hall–Kier alpha value is -2.05. The molecule has 114 valence electrons. The molecule has 1 aliphatic rings. The maximum Gasteiger partial charge on any atom is 0.243 e. The summed E-state index contributed by atoms with van der Waals surface area (Å²) in [7, 11) is 0. The van der Waals surface area contributed by atoms with Crippen LogP contribution in [0.2, 0.25) is 0 Å². The Bertz CT molecular complexity index is 693. The number of carbonyl (C=O) groups excluding carboxylic acids is 2. The van der Waals surface area contributed by atoms with Crippen LogP contribution in [0.3, 0.4) is 0 Å². The summed E-state index contributed by atoms with van der Waals surface area (Å²) in [4.78, 5) is 23.9. The standard InChI is InChI=1S/C16H17N3O2S/c20-15(8-17-16(21)14-9-22-10-18-14)19-13-7-3-5-11-4-1-2-6-12(11)13/h1-7,14,18H,8-10H2,(H,17,21)(H,19,20). The summed E-state index contributed by atoms with van der Waals surface area (Å²) in [6.45, 7) is -0.0229. The van der Waals surface area contributed by atoms with Gasteiger partial charge in [-0.25, -0.2) is 0 Å². The maximum atomic E-state index is 12.0. The highest BCUT2D eigenvalue weighted by atomic mass is 32.2. The van der Waals surface area contributed by atoms with Crippen LogP contribution in [0.5, 0.6) is 0 Å². The van der Waals surface area contributed by atoms with E-state index in [-0.39, 0.29) is 24.4 Å². The molecule has 3 rings (SSSR count). The molecule has 2 aromatic rings. The van der Waals surface area contributed by atoms with E-state index in [4.69, 9.17) is 0 Å². The minimum atomic E-state index is -0.227. The van der Waals surface area contributed by atoms with Crippen molar-refractivity contribution in [3.8, 4) is 0 Å². The van der Waals surface area contributed by atoms with Gasteiger partial charge in [0.05, 0.1) is 12.6 Å². The summed E-state index contributed by atoms with van der Waals surface area (Å²) in [6, 6.07) is 13.4. The molecule has 2 aromatic carbocycles. The van der Waals surface area contributed by atoms with Crippen molar-refractivity contribution < 1.29 is 9.59 Å². The van der Waals surface area contributed by atoms with Gasteiger partial charge in [-0.05, 0) is 11.5 Å². The van der Waals surface area contributed by atoms with Crippen LogP contribution in [0, 0.1) is 0 Å². The van der Waals surface area contributed by atoms with E-state index in [0.717, 1.165) is 28.1 Å². The van der Waals surface area contributed by atoms with Gasteiger partial charge in [-0.2, -0.15) is 0 Å². The normalized spacial score (nSPS) is 17.4. The van der Waals surface area contributed by atoms with Gasteiger partial charge < -0.3 is 10.6 Å². The van der Waals surface area contributed by atoms with Gasteiger partial charge in [-0.15, -0.1) is 11.8 Å². The molecule has 0 aromatic heterocycles. The van der Waals surface area contributed by atoms with Gasteiger partial charge in [0.25, 0.3) is 0 Å². The third-order valence-corrected chi connectivity index (χ3v) is 4.46. The van der Waals surface area contributed by atoms with E-state index in [1.54, 1.807) is 11.8 Å². The molecule has 1 saturated heterocycles. The van der Waals surface area contributed by atoms with Crippen LogP contribution in [0.25, 0.3) is 10.8 Å². The summed E-state index contributed by atoms with van der Waals surface area (Å²) in [5.41, 5.74) is 0.756. The molecule has 0 spiro atoms. The number of benzene rings is 2. The molecular weight excluding hydrogens is 298 g/mol. The minimum absolute atomic E-state index is 0.0229. The summed E-state index contributed by atoms with van der Waals surface area (Å²) in [5.74, 6) is 1.17. The Morgan fingerprint density at radius 3 is 2.82 bits per heavy atom. The van der Waals surface area contributed by atoms with Crippen molar-refractivity contribution in [2.75, 3.05) is 23.5 Å². The first-order chi connectivity index (χ1) is 10.7. The molecule has 3 N–H and O–H groups in total. The lowest BCUT2D eigenvalue weighted by Gasteiger charge is -2.12. The molecule has 0 bridgehead atoms. The van der Waals surface area contributed by atoms with Crippen LogP contribution in [0.4, 0.5) is 5.69 Å². The van der Waals surface area contributed by atoms with E-state index < -0.39 is 0 Å². The average molecular weight is 315 g/mol. The first-order valence-electron chi connectivity index (χ1n) is 7.10. The van der Waals surface area contributed by atoms with Gasteiger partial charge >= 0.3 is 0 Å². The molecule has 0 radical (unpaired) electrons. The summed E-state index contributed by atoms with van der Waals surface area (Å²) in [5, 5.41) is 10.6. The first kappa shape index (κ1) is 14.9. The largest absolute Gasteiger partial charge is 0.346 e. The average Bonchev–Trinajstić information content (AvgIpc) is 3.07. The molecule has 0 aliphatic carbocycles. The van der Waals surface area contributed by atoms with Crippen molar-refractivity contribution in [2.45, 2.75) is 6.04 Å². The molecule has 1 heterocycles. The molecule has 1 unspecified atom stereocenters. The van der Waals surface area contributed by atoms with Gasteiger partial charge in [0, 0.05) is 22.7 Å². The van der Waals surface area contributed by atoms with Crippen molar-refractivity contribution in [2.24, 2.45) is 0 Å². The van der Waals surface area contributed by atoms with Gasteiger partial charge in [0.1, 0.15) is 0 Å². The Morgan fingerprint density at radius 2 is 2.00 bits per heavy atom. The molecule has 1 atom stereocenters. The smallest absolute Gasteiger partial charge is 0.243 e. The van der Waals surface area contributed by atoms with Crippen LogP contribution >= 0.6 is 11.8 Å². The van der Waals surface area contributed by atoms with E-state index in [0.29, 0.717) is 0 Å². The number of hydrogen-bond donors (Lipinski definition) is 3. The van der Waals surface area contributed by atoms with E-state index in [1.165, 1.54) is 0 Å². The van der Waals surface area contributed by atoms with Gasteiger partial charge in [-0.1, -0.05) is 36.4 Å². The minimum Gasteiger partial charge on any atom is -0.346 e. The highest BCUT2D eigenvalue weighted by Gasteiger charge is 2.22. The van der Waals surface area contributed by atoms with Crippen LogP contribution in [-0.4, -0.2) is 36.0 Å². The van der Waals surface area contributed by atoms with Crippen LogP contribution in [0.15, 0.2) is 42.5 Å². The first-order valence-corrected chi connectivity index (χ1v) is 8.26. The highest BCUT2D eigenvalue weighted by Crippen LogP contribution is 2.22. The van der Waals surface area contributed by atoms with Gasteiger partial charge in [0.15, 0.2) is 0 Å². The lowest BCUT2D eigenvalue weighted by atomic mass is 10.1. The zero-order valence-corrected chi connectivity index (χ0v) is 12.8. The number of anilines is 1. The zero-order chi connectivity index (χ0) is 15.4. The topological polar surface area (TPSA) is 70.2 Å². The molecule has 2 amide bonds. The zero-order valence-electron chi connectivity index (χ0n) is 12.0. The number of hydrogen-bond acceptors (Lipinski definition) is 4. The quantitative estimate of drug-likeness (QED) is 0.801. The number of carbonyl (C=O) groups is 2. The summed E-state index contributed by atoms with van der Waals surface area (Å²) >= 11 is 1.68.